The van der Waals surface area contributed by atoms with Crippen LogP contribution in [0.25, 0.3) is 11.3 Å². The van der Waals surface area contributed by atoms with Crippen LogP contribution in [0.15, 0.2) is 35.1 Å². The van der Waals surface area contributed by atoms with Crippen LogP contribution in [0.2, 0.25) is 0 Å². The fraction of sp³-hybridized carbons (Fsp3) is 0.0909. The van der Waals surface area contributed by atoms with Crippen LogP contribution < -0.4 is 11.3 Å². The van der Waals surface area contributed by atoms with Crippen molar-refractivity contribution in [3.63, 3.8) is 0 Å². The van der Waals surface area contributed by atoms with Crippen molar-refractivity contribution < 1.29 is 4.39 Å². The summed E-state index contributed by atoms with van der Waals surface area (Å²) in [6.07, 6.45) is 0. The zero-order chi connectivity index (χ0) is 11.7. The molecule has 0 aliphatic rings. The molecule has 0 aliphatic carbocycles. The highest BCUT2D eigenvalue weighted by atomic mass is 19.1. The normalized spacial score (nSPS) is 10.4. The first-order chi connectivity index (χ1) is 7.58. The van der Waals surface area contributed by atoms with E-state index in [4.69, 9.17) is 5.73 Å². The van der Waals surface area contributed by atoms with Gasteiger partial charge in [0.05, 0.1) is 5.69 Å². The highest BCUT2D eigenvalue weighted by Gasteiger charge is 2.07. The van der Waals surface area contributed by atoms with Crippen molar-refractivity contribution in [1.29, 1.82) is 0 Å². The van der Waals surface area contributed by atoms with Crippen LogP contribution in [0.1, 0.15) is 0 Å². The van der Waals surface area contributed by atoms with Crippen LogP contribution in [0.3, 0.4) is 0 Å². The lowest BCUT2D eigenvalue weighted by Gasteiger charge is -2.04. The average molecular weight is 219 g/mol. The molecule has 2 rings (SSSR count). The number of benzene rings is 1. The number of aromatic nitrogens is 2. The number of rotatable bonds is 1. The first kappa shape index (κ1) is 10.4. The highest BCUT2D eigenvalue weighted by Crippen LogP contribution is 2.21. The van der Waals surface area contributed by atoms with E-state index < -0.39 is 5.82 Å². The summed E-state index contributed by atoms with van der Waals surface area (Å²) in [6, 6.07) is 7.18. The highest BCUT2D eigenvalue weighted by molar-refractivity contribution is 5.62. The van der Waals surface area contributed by atoms with Crippen molar-refractivity contribution in [3.05, 3.63) is 46.5 Å². The Kier molecular flexibility index (Phi) is 2.44. The smallest absolute Gasteiger partial charge is 0.266 e. The minimum Gasteiger partial charge on any atom is -0.399 e. The van der Waals surface area contributed by atoms with Crippen molar-refractivity contribution in [3.8, 4) is 11.3 Å². The van der Waals surface area contributed by atoms with E-state index in [2.05, 4.69) is 5.10 Å². The molecule has 0 spiro atoms. The summed E-state index contributed by atoms with van der Waals surface area (Å²) >= 11 is 0. The second-order valence-corrected chi connectivity index (χ2v) is 3.42. The SMILES string of the molecule is Cn1nc(-c2ccc(N)cc2F)ccc1=O. The predicted molar refractivity (Wildman–Crippen MR) is 59.3 cm³/mol. The van der Waals surface area contributed by atoms with Gasteiger partial charge in [-0.25, -0.2) is 9.07 Å². The molecule has 0 saturated heterocycles. The third-order valence-corrected chi connectivity index (χ3v) is 2.23. The topological polar surface area (TPSA) is 60.9 Å². The van der Waals surface area contributed by atoms with Crippen molar-refractivity contribution in [2.75, 3.05) is 5.73 Å². The van der Waals surface area contributed by atoms with Gasteiger partial charge >= 0.3 is 0 Å². The third-order valence-electron chi connectivity index (χ3n) is 2.23. The van der Waals surface area contributed by atoms with Gasteiger partial charge in [-0.2, -0.15) is 5.10 Å². The van der Waals surface area contributed by atoms with Gasteiger partial charge < -0.3 is 5.73 Å². The molecule has 2 N–H and O–H groups in total. The molecule has 0 amide bonds. The molecule has 0 atom stereocenters. The number of hydrogen-bond acceptors (Lipinski definition) is 3. The largest absolute Gasteiger partial charge is 0.399 e. The van der Waals surface area contributed by atoms with Gasteiger partial charge in [0.25, 0.3) is 5.56 Å². The molecule has 1 aromatic heterocycles. The predicted octanol–water partition coefficient (Wildman–Crippen LogP) is 1.17. The standard InChI is InChI=1S/C11H10FN3O/c1-15-11(16)5-4-10(14-15)8-3-2-7(13)6-9(8)12/h2-6H,13H2,1H3. The van der Waals surface area contributed by atoms with E-state index in [1.54, 1.807) is 6.07 Å². The Hall–Kier alpha value is -2.17. The molecule has 0 saturated carbocycles. The van der Waals surface area contributed by atoms with Crippen molar-refractivity contribution in [2.24, 2.45) is 7.05 Å². The third kappa shape index (κ3) is 1.79. The van der Waals surface area contributed by atoms with E-state index in [-0.39, 0.29) is 5.56 Å². The van der Waals surface area contributed by atoms with Crippen LogP contribution in [-0.2, 0) is 7.05 Å². The Morgan fingerprint density at radius 3 is 2.69 bits per heavy atom. The van der Waals surface area contributed by atoms with Crippen molar-refractivity contribution in [1.82, 2.24) is 9.78 Å². The van der Waals surface area contributed by atoms with Crippen molar-refractivity contribution in [2.45, 2.75) is 0 Å². The summed E-state index contributed by atoms with van der Waals surface area (Å²) in [7, 11) is 1.51. The van der Waals surface area contributed by atoms with E-state index >= 15 is 0 Å². The van der Waals surface area contributed by atoms with E-state index in [1.807, 2.05) is 0 Å². The van der Waals surface area contributed by atoms with E-state index in [0.717, 1.165) is 4.68 Å². The van der Waals surface area contributed by atoms with E-state index in [0.29, 0.717) is 16.9 Å². The van der Waals surface area contributed by atoms with Gasteiger partial charge in [-0.15, -0.1) is 0 Å². The number of nitrogen functional groups attached to an aromatic ring is 1. The lowest BCUT2D eigenvalue weighted by Crippen LogP contribution is -2.18. The van der Waals surface area contributed by atoms with Crippen LogP contribution in [0.4, 0.5) is 10.1 Å². The lowest BCUT2D eigenvalue weighted by atomic mass is 10.1. The summed E-state index contributed by atoms with van der Waals surface area (Å²) in [4.78, 5) is 11.1. The minimum atomic E-state index is -0.453. The average Bonchev–Trinajstić information content (AvgIpc) is 2.22. The number of hydrogen-bond donors (Lipinski definition) is 1. The summed E-state index contributed by atoms with van der Waals surface area (Å²) in [5.41, 5.74) is 6.29. The Morgan fingerprint density at radius 1 is 1.31 bits per heavy atom. The second kappa shape index (κ2) is 3.77. The molecule has 0 aliphatic heterocycles. The Morgan fingerprint density at radius 2 is 2.06 bits per heavy atom. The van der Waals surface area contributed by atoms with Crippen LogP contribution in [0.5, 0.6) is 0 Å². The molecular weight excluding hydrogens is 209 g/mol. The van der Waals surface area contributed by atoms with Crippen molar-refractivity contribution >= 4 is 5.69 Å². The number of nitrogens with zero attached hydrogens (tertiary/aromatic N) is 2. The first-order valence-corrected chi connectivity index (χ1v) is 4.67. The molecule has 5 heteroatoms. The molecular formula is C11H10FN3O. The zero-order valence-electron chi connectivity index (χ0n) is 8.64. The van der Waals surface area contributed by atoms with Crippen LogP contribution in [-0.4, -0.2) is 9.78 Å². The van der Waals surface area contributed by atoms with Gasteiger partial charge in [-0.3, -0.25) is 4.79 Å². The monoisotopic (exact) mass is 219 g/mol. The summed E-state index contributed by atoms with van der Waals surface area (Å²) in [5.74, 6) is -0.453. The number of aryl methyl sites for hydroxylation is 1. The molecule has 0 radical (unpaired) electrons. The molecule has 0 bridgehead atoms. The second-order valence-electron chi connectivity index (χ2n) is 3.42. The molecule has 4 nitrogen and oxygen atoms in total. The van der Waals surface area contributed by atoms with Crippen LogP contribution in [0, 0.1) is 5.82 Å². The molecule has 16 heavy (non-hydrogen) atoms. The van der Waals surface area contributed by atoms with Gasteiger partial charge in [0.15, 0.2) is 0 Å². The summed E-state index contributed by atoms with van der Waals surface area (Å²) < 4.78 is 14.7. The Bertz CT molecular complexity index is 592. The summed E-state index contributed by atoms with van der Waals surface area (Å²) in [5, 5.41) is 3.96. The Labute approximate surface area is 91.1 Å². The van der Waals surface area contributed by atoms with Gasteiger partial charge in [-0.05, 0) is 24.3 Å². The maximum Gasteiger partial charge on any atom is 0.266 e. The minimum absolute atomic E-state index is 0.236. The maximum atomic E-state index is 13.6. The van der Waals surface area contributed by atoms with E-state index in [1.165, 1.54) is 31.3 Å². The first-order valence-electron chi connectivity index (χ1n) is 4.67. The molecule has 0 unspecified atom stereocenters. The van der Waals surface area contributed by atoms with Gasteiger partial charge in [0.1, 0.15) is 5.82 Å². The fourth-order valence-corrected chi connectivity index (χ4v) is 1.39. The molecule has 1 heterocycles. The quantitative estimate of drug-likeness (QED) is 0.732. The number of anilines is 1. The van der Waals surface area contributed by atoms with Gasteiger partial charge in [-0.1, -0.05) is 0 Å². The number of nitrogens with two attached hydrogens (primary N) is 1. The molecule has 0 fully saturated rings. The van der Waals surface area contributed by atoms with E-state index in [9.17, 15) is 9.18 Å². The fourth-order valence-electron chi connectivity index (χ4n) is 1.39. The molecule has 82 valence electrons. The maximum absolute atomic E-state index is 13.6. The molecule has 2 aromatic rings. The summed E-state index contributed by atoms with van der Waals surface area (Å²) in [6.45, 7) is 0. The zero-order valence-corrected chi connectivity index (χ0v) is 8.64. The van der Waals surface area contributed by atoms with Gasteiger partial charge in [0.2, 0.25) is 0 Å². The molecule has 1 aromatic carbocycles. The van der Waals surface area contributed by atoms with Gasteiger partial charge in [0, 0.05) is 24.4 Å². The van der Waals surface area contributed by atoms with Crippen LogP contribution >= 0.6 is 0 Å². The Balaban J connectivity index is 2.59. The number of halogens is 1. The lowest BCUT2D eigenvalue weighted by molar-refractivity contribution is 0.628.